The number of furan rings is 3. The fraction of sp³-hybridized carbons (Fsp3) is 0.0698. The summed E-state index contributed by atoms with van der Waals surface area (Å²) >= 11 is 0. The van der Waals surface area contributed by atoms with Gasteiger partial charge in [-0.15, -0.1) is 0 Å². The van der Waals surface area contributed by atoms with Crippen LogP contribution in [0.3, 0.4) is 0 Å². The molecule has 0 fully saturated rings. The summed E-state index contributed by atoms with van der Waals surface area (Å²) in [6.45, 7) is 9.39. The lowest BCUT2D eigenvalue weighted by Crippen LogP contribution is -2.16. The van der Waals surface area contributed by atoms with E-state index in [-0.39, 0.29) is 10.8 Å². The van der Waals surface area contributed by atoms with E-state index >= 15 is 0 Å². The van der Waals surface area contributed by atoms with Crippen LogP contribution in [0.4, 0.5) is 34.1 Å². The minimum atomic E-state index is -0.226. The molecule has 3 aromatic heterocycles. The third-order valence-electron chi connectivity index (χ3n) is 19.9. The van der Waals surface area contributed by atoms with Gasteiger partial charge in [0, 0.05) is 89.4 Å². The van der Waals surface area contributed by atoms with E-state index in [9.17, 15) is 0 Å². The molecule has 0 aliphatic heterocycles. The highest BCUT2D eigenvalue weighted by Gasteiger charge is 2.39. The SMILES string of the molecule is CC1(C)c2cc(N(c3ccc(Oc4ccccc4)cc3)c3ccc4c(c3)oc3cc5c(cc34)oc3cc4c(cc35)oc3cc(N(c5ccc(Oc6ccccc6)cc5)c5ccc6c(c5)C(C)(C)c5ccc7ccccc7c5-6)ccc34)ccc2-c2c1ccc1ccccc21. The van der Waals surface area contributed by atoms with Crippen LogP contribution in [0.5, 0.6) is 23.0 Å². The number of nitrogens with zero attached hydrogens (tertiary/aromatic N) is 2. The summed E-state index contributed by atoms with van der Waals surface area (Å²) in [5.74, 6) is 3.09. The molecule has 17 aromatic rings. The van der Waals surface area contributed by atoms with Crippen LogP contribution in [-0.4, -0.2) is 0 Å². The minimum absolute atomic E-state index is 0.226. The van der Waals surface area contributed by atoms with Crippen LogP contribution in [-0.2, 0) is 10.8 Å². The first-order valence-corrected chi connectivity index (χ1v) is 31.8. The van der Waals surface area contributed by atoms with Crippen LogP contribution >= 0.6 is 0 Å². The molecule has 0 unspecified atom stereocenters. The Kier molecular flexibility index (Phi) is 11.3. The van der Waals surface area contributed by atoms with Gasteiger partial charge >= 0.3 is 0 Å². The Morgan fingerprint density at radius 3 is 0.978 bits per heavy atom. The number of rotatable bonds is 10. The summed E-state index contributed by atoms with van der Waals surface area (Å²) in [6.07, 6.45) is 0. The Labute approximate surface area is 536 Å². The molecule has 93 heavy (non-hydrogen) atoms. The summed E-state index contributed by atoms with van der Waals surface area (Å²) in [7, 11) is 0. The predicted octanol–water partition coefficient (Wildman–Crippen LogP) is 24.8. The van der Waals surface area contributed by atoms with E-state index in [0.717, 1.165) is 123 Å². The first-order chi connectivity index (χ1) is 45.5. The van der Waals surface area contributed by atoms with Gasteiger partial charge in [0.05, 0.1) is 0 Å². The average Bonchev–Trinajstić information content (AvgIpc) is 1.58. The fourth-order valence-electron chi connectivity index (χ4n) is 15.3. The van der Waals surface area contributed by atoms with Crippen molar-refractivity contribution in [3.05, 3.63) is 301 Å². The van der Waals surface area contributed by atoms with E-state index in [4.69, 9.17) is 22.7 Å². The summed E-state index contributed by atoms with van der Waals surface area (Å²) in [5.41, 5.74) is 20.7. The number of fused-ring (bicyclic) bond motifs is 19. The Morgan fingerprint density at radius 2 is 0.570 bits per heavy atom. The minimum Gasteiger partial charge on any atom is -0.457 e. The monoisotopic (exact) mass is 1200 g/mol. The Balaban J connectivity index is 0.695. The second kappa shape index (κ2) is 19.8. The molecule has 7 heteroatoms. The second-order valence-electron chi connectivity index (χ2n) is 26.0. The van der Waals surface area contributed by atoms with Crippen LogP contribution < -0.4 is 19.3 Å². The summed E-state index contributed by atoms with van der Waals surface area (Å²) < 4.78 is 33.3. The highest BCUT2D eigenvalue weighted by molar-refractivity contribution is 6.19. The molecule has 0 amide bonds. The molecule has 0 bridgehead atoms. The Bertz CT molecular complexity index is 5570. The van der Waals surface area contributed by atoms with E-state index < -0.39 is 0 Å². The molecule has 442 valence electrons. The maximum absolute atomic E-state index is 6.94. The number of anilines is 6. The van der Waals surface area contributed by atoms with Crippen LogP contribution in [0.15, 0.2) is 292 Å². The molecule has 3 heterocycles. The third kappa shape index (κ3) is 8.22. The quantitative estimate of drug-likeness (QED) is 0.135. The van der Waals surface area contributed by atoms with Crippen molar-refractivity contribution < 1.29 is 22.7 Å². The molecule has 19 rings (SSSR count). The smallest absolute Gasteiger partial charge is 0.137 e. The van der Waals surface area contributed by atoms with E-state index in [1.165, 1.54) is 66.1 Å². The van der Waals surface area contributed by atoms with Crippen LogP contribution in [0.2, 0.25) is 0 Å². The maximum Gasteiger partial charge on any atom is 0.137 e. The van der Waals surface area contributed by atoms with Gasteiger partial charge in [-0.3, -0.25) is 0 Å². The molecular formula is C86H58N2O5. The predicted molar refractivity (Wildman–Crippen MR) is 381 cm³/mol. The lowest BCUT2D eigenvalue weighted by Gasteiger charge is -2.28. The van der Waals surface area contributed by atoms with Gasteiger partial charge in [-0.05, 0) is 212 Å². The van der Waals surface area contributed by atoms with Gasteiger partial charge in [-0.25, -0.2) is 0 Å². The molecule has 0 atom stereocenters. The number of para-hydroxylation sites is 2. The van der Waals surface area contributed by atoms with Gasteiger partial charge < -0.3 is 32.5 Å². The normalized spacial score (nSPS) is 13.5. The zero-order chi connectivity index (χ0) is 61.8. The molecule has 14 aromatic carbocycles. The molecule has 7 nitrogen and oxygen atoms in total. The van der Waals surface area contributed by atoms with Crippen molar-refractivity contribution in [1.82, 2.24) is 0 Å². The topological polar surface area (TPSA) is 64.4 Å². The number of ether oxygens (including phenoxy) is 2. The van der Waals surface area contributed by atoms with Crippen LogP contribution in [0.1, 0.15) is 49.9 Å². The summed E-state index contributed by atoms with van der Waals surface area (Å²) in [6, 6.07) is 98.6. The van der Waals surface area contributed by atoms with Gasteiger partial charge in [0.25, 0.3) is 0 Å². The van der Waals surface area contributed by atoms with Gasteiger partial charge in [0.2, 0.25) is 0 Å². The number of benzene rings is 14. The van der Waals surface area contributed by atoms with Crippen molar-refractivity contribution >= 4 is 121 Å². The van der Waals surface area contributed by atoms with Gasteiger partial charge in [-0.1, -0.05) is 149 Å². The molecule has 0 spiro atoms. The van der Waals surface area contributed by atoms with Crippen molar-refractivity contribution in [1.29, 1.82) is 0 Å². The Hall–Kier alpha value is -11.8. The third-order valence-corrected chi connectivity index (χ3v) is 19.9. The number of hydrogen-bond acceptors (Lipinski definition) is 7. The zero-order valence-electron chi connectivity index (χ0n) is 51.5. The molecule has 0 saturated carbocycles. The van der Waals surface area contributed by atoms with Gasteiger partial charge in [0.15, 0.2) is 0 Å². The van der Waals surface area contributed by atoms with E-state index in [0.29, 0.717) is 0 Å². The first kappa shape index (κ1) is 53.1. The summed E-state index contributed by atoms with van der Waals surface area (Å²) in [5, 5.41) is 10.9. The highest BCUT2D eigenvalue weighted by Crippen LogP contribution is 2.56. The van der Waals surface area contributed by atoms with Crippen LogP contribution in [0, 0.1) is 0 Å². The lowest BCUT2D eigenvalue weighted by atomic mass is 9.82. The molecule has 2 aliphatic carbocycles. The second-order valence-corrected chi connectivity index (χ2v) is 26.0. The largest absolute Gasteiger partial charge is 0.457 e. The van der Waals surface area contributed by atoms with Crippen molar-refractivity contribution in [2.75, 3.05) is 9.80 Å². The average molecular weight is 1200 g/mol. The Morgan fingerprint density at radius 1 is 0.247 bits per heavy atom. The maximum atomic E-state index is 6.94. The number of hydrogen-bond donors (Lipinski definition) is 0. The molecule has 0 radical (unpaired) electrons. The van der Waals surface area contributed by atoms with E-state index in [1.807, 2.05) is 84.9 Å². The summed E-state index contributed by atoms with van der Waals surface area (Å²) in [4.78, 5) is 4.64. The van der Waals surface area contributed by atoms with Crippen molar-refractivity contribution in [3.63, 3.8) is 0 Å². The highest BCUT2D eigenvalue weighted by atomic mass is 16.5. The van der Waals surface area contributed by atoms with E-state index in [2.05, 4.69) is 232 Å². The van der Waals surface area contributed by atoms with Crippen molar-refractivity contribution in [3.8, 4) is 45.3 Å². The fourth-order valence-corrected chi connectivity index (χ4v) is 15.3. The lowest BCUT2D eigenvalue weighted by molar-refractivity contribution is 0.482. The molecule has 0 saturated heterocycles. The standard InChI is InChI=1S/C86H58N2O5/c1-85(2)73-41-23-51-15-11-13-21-63(51)83(73)67-39-31-55(43-75(67)85)87(53-25-33-61(34-26-53)89-59-17-7-5-8-18-59)57-29-37-65-69-47-81-71(49-79(69)91-77(65)45-57)72-50-80-70(48-82(72)93-81)66-38-30-58(46-78(66)92-80)88(54-27-35-62(36-28-54)90-60-19-9-6-10-20-60)56-32-40-68-76(44-56)86(3,4)74-42-24-52-16-12-14-22-64(52)84(68)74/h5-50H,1-4H3. The van der Waals surface area contributed by atoms with E-state index in [1.54, 1.807) is 0 Å². The van der Waals surface area contributed by atoms with Crippen LogP contribution in [0.25, 0.3) is 110 Å². The molecule has 2 aliphatic rings. The van der Waals surface area contributed by atoms with Crippen molar-refractivity contribution in [2.24, 2.45) is 0 Å². The molecule has 0 N–H and O–H groups in total. The zero-order valence-corrected chi connectivity index (χ0v) is 51.5. The van der Waals surface area contributed by atoms with Gasteiger partial charge in [-0.2, -0.15) is 0 Å². The first-order valence-electron chi connectivity index (χ1n) is 31.8. The van der Waals surface area contributed by atoms with Crippen molar-refractivity contribution in [2.45, 2.75) is 38.5 Å². The molecular weight excluding hydrogens is 1140 g/mol. The van der Waals surface area contributed by atoms with Gasteiger partial charge in [0.1, 0.15) is 56.5 Å².